The Kier molecular flexibility index (Phi) is 6.35. The van der Waals surface area contributed by atoms with E-state index in [2.05, 4.69) is 17.6 Å². The zero-order valence-electron chi connectivity index (χ0n) is 14.1. The second-order valence-corrected chi connectivity index (χ2v) is 6.26. The van der Waals surface area contributed by atoms with Crippen LogP contribution in [0.25, 0.3) is 0 Å². The Hall–Kier alpha value is -2.37. The number of hydrogen-bond acceptors (Lipinski definition) is 4. The summed E-state index contributed by atoms with van der Waals surface area (Å²) in [6.07, 6.45) is 4.33. The van der Waals surface area contributed by atoms with Crippen LogP contribution in [0, 0.1) is 5.92 Å². The van der Waals surface area contributed by atoms with Crippen molar-refractivity contribution in [2.75, 3.05) is 6.61 Å². The molecule has 0 bridgehead atoms. The van der Waals surface area contributed by atoms with Crippen LogP contribution in [-0.2, 0) is 4.79 Å². The topological polar surface area (TPSA) is 84.5 Å². The molecule has 2 atom stereocenters. The molecule has 130 valence electrons. The van der Waals surface area contributed by atoms with E-state index in [-0.39, 0.29) is 18.4 Å². The molecule has 1 aromatic carbocycles. The number of ketones is 1. The Bertz CT molecular complexity index is 598. The van der Waals surface area contributed by atoms with Crippen molar-refractivity contribution < 1.29 is 19.1 Å². The third-order valence-corrected chi connectivity index (χ3v) is 4.31. The van der Waals surface area contributed by atoms with Gasteiger partial charge < -0.3 is 10.1 Å². The van der Waals surface area contributed by atoms with Crippen molar-refractivity contribution in [3.05, 3.63) is 29.8 Å². The molecule has 0 aliphatic heterocycles. The van der Waals surface area contributed by atoms with E-state index in [4.69, 9.17) is 4.74 Å². The van der Waals surface area contributed by atoms with E-state index in [9.17, 15) is 14.4 Å². The van der Waals surface area contributed by atoms with Gasteiger partial charge in [0, 0.05) is 11.6 Å². The molecule has 0 spiro atoms. The first-order valence-corrected chi connectivity index (χ1v) is 8.30. The highest BCUT2D eigenvalue weighted by atomic mass is 16.5. The van der Waals surface area contributed by atoms with Gasteiger partial charge in [-0.3, -0.25) is 14.9 Å². The molecule has 0 unspecified atom stereocenters. The SMILES string of the molecule is CC(=O)c1ccc(OCC(=O)NC(=O)N[C@H]2CCCC[C@@H]2C)cc1. The fraction of sp³-hybridized carbons (Fsp3) is 0.500. The molecule has 1 aromatic rings. The van der Waals surface area contributed by atoms with Gasteiger partial charge in [0.05, 0.1) is 0 Å². The molecule has 1 aliphatic carbocycles. The summed E-state index contributed by atoms with van der Waals surface area (Å²) in [4.78, 5) is 34.8. The van der Waals surface area contributed by atoms with Gasteiger partial charge in [-0.25, -0.2) is 4.79 Å². The Morgan fingerprint density at radius 2 is 1.79 bits per heavy atom. The van der Waals surface area contributed by atoms with Gasteiger partial charge in [-0.2, -0.15) is 0 Å². The predicted octanol–water partition coefficient (Wildman–Crippen LogP) is 2.67. The Balaban J connectivity index is 1.74. The number of hydrogen-bond donors (Lipinski definition) is 2. The molecule has 3 amide bonds. The summed E-state index contributed by atoms with van der Waals surface area (Å²) >= 11 is 0. The minimum Gasteiger partial charge on any atom is -0.484 e. The van der Waals surface area contributed by atoms with Gasteiger partial charge in [0.15, 0.2) is 12.4 Å². The largest absolute Gasteiger partial charge is 0.484 e. The molecule has 0 radical (unpaired) electrons. The van der Waals surface area contributed by atoms with Gasteiger partial charge in [0.25, 0.3) is 5.91 Å². The Labute approximate surface area is 142 Å². The molecule has 6 heteroatoms. The quantitative estimate of drug-likeness (QED) is 0.812. The van der Waals surface area contributed by atoms with Crippen LogP contribution in [0.3, 0.4) is 0 Å². The Morgan fingerprint density at radius 3 is 2.42 bits per heavy atom. The highest BCUT2D eigenvalue weighted by Gasteiger charge is 2.23. The lowest BCUT2D eigenvalue weighted by Gasteiger charge is -2.29. The molecule has 24 heavy (non-hydrogen) atoms. The van der Waals surface area contributed by atoms with E-state index in [1.54, 1.807) is 24.3 Å². The van der Waals surface area contributed by atoms with Gasteiger partial charge in [-0.1, -0.05) is 19.8 Å². The van der Waals surface area contributed by atoms with Crippen molar-refractivity contribution >= 4 is 17.7 Å². The van der Waals surface area contributed by atoms with Crippen molar-refractivity contribution in [1.29, 1.82) is 0 Å². The molecule has 2 N–H and O–H groups in total. The second-order valence-electron chi connectivity index (χ2n) is 6.26. The zero-order valence-corrected chi connectivity index (χ0v) is 14.1. The highest BCUT2D eigenvalue weighted by molar-refractivity contribution is 5.95. The minimum absolute atomic E-state index is 0.0343. The first kappa shape index (κ1) is 18.0. The van der Waals surface area contributed by atoms with Crippen molar-refractivity contribution in [3.63, 3.8) is 0 Å². The number of Topliss-reactive ketones (excluding diaryl/α,β-unsaturated/α-hetero) is 1. The number of nitrogens with one attached hydrogen (secondary N) is 2. The van der Waals surface area contributed by atoms with Crippen molar-refractivity contribution in [2.45, 2.75) is 45.6 Å². The van der Waals surface area contributed by atoms with Gasteiger partial charge in [-0.15, -0.1) is 0 Å². The zero-order chi connectivity index (χ0) is 17.5. The molecule has 0 aromatic heterocycles. The fourth-order valence-electron chi connectivity index (χ4n) is 2.83. The van der Waals surface area contributed by atoms with E-state index < -0.39 is 11.9 Å². The Morgan fingerprint density at radius 1 is 1.12 bits per heavy atom. The van der Waals surface area contributed by atoms with Gasteiger partial charge in [-0.05, 0) is 49.9 Å². The summed E-state index contributed by atoms with van der Waals surface area (Å²) in [6.45, 7) is 3.34. The van der Waals surface area contributed by atoms with E-state index in [1.807, 2.05) is 0 Å². The third-order valence-electron chi connectivity index (χ3n) is 4.31. The second kappa shape index (κ2) is 8.47. The summed E-state index contributed by atoms with van der Waals surface area (Å²) in [6, 6.07) is 6.14. The summed E-state index contributed by atoms with van der Waals surface area (Å²) < 4.78 is 5.31. The van der Waals surface area contributed by atoms with Crippen LogP contribution in [0.4, 0.5) is 4.79 Å². The van der Waals surface area contributed by atoms with E-state index >= 15 is 0 Å². The van der Waals surface area contributed by atoms with E-state index in [0.29, 0.717) is 17.2 Å². The van der Waals surface area contributed by atoms with Crippen LogP contribution in [0.2, 0.25) is 0 Å². The first-order valence-electron chi connectivity index (χ1n) is 8.30. The third kappa shape index (κ3) is 5.37. The minimum atomic E-state index is -0.508. The van der Waals surface area contributed by atoms with Crippen LogP contribution in [-0.4, -0.2) is 30.4 Å². The first-order chi connectivity index (χ1) is 11.5. The average molecular weight is 332 g/mol. The van der Waals surface area contributed by atoms with E-state index in [0.717, 1.165) is 19.3 Å². The smallest absolute Gasteiger partial charge is 0.321 e. The maximum Gasteiger partial charge on any atom is 0.321 e. The van der Waals surface area contributed by atoms with Crippen LogP contribution in [0.1, 0.15) is 49.9 Å². The number of urea groups is 1. The molecule has 0 heterocycles. The van der Waals surface area contributed by atoms with E-state index in [1.165, 1.54) is 13.3 Å². The standard InChI is InChI=1S/C18H24N2O4/c1-12-5-3-4-6-16(12)19-18(23)20-17(22)11-24-15-9-7-14(8-10-15)13(2)21/h7-10,12,16H,3-6,11H2,1-2H3,(H2,19,20,22,23)/t12-,16-/m0/s1. The molecule has 0 saturated heterocycles. The lowest BCUT2D eigenvalue weighted by Crippen LogP contribution is -2.48. The number of imide groups is 1. The molecule has 1 fully saturated rings. The molecular formula is C18H24N2O4. The molecule has 1 saturated carbocycles. The maximum absolute atomic E-state index is 11.9. The summed E-state index contributed by atoms with van der Waals surface area (Å²) in [5.41, 5.74) is 0.577. The molecule has 6 nitrogen and oxygen atoms in total. The van der Waals surface area contributed by atoms with Crippen molar-refractivity contribution in [1.82, 2.24) is 10.6 Å². The van der Waals surface area contributed by atoms with Crippen molar-refractivity contribution in [3.8, 4) is 5.75 Å². The number of benzene rings is 1. The molecule has 1 aliphatic rings. The number of carbonyl (C=O) groups is 3. The maximum atomic E-state index is 11.9. The lowest BCUT2D eigenvalue weighted by molar-refractivity contribution is -0.122. The van der Waals surface area contributed by atoms with Crippen LogP contribution >= 0.6 is 0 Å². The predicted molar refractivity (Wildman–Crippen MR) is 90.0 cm³/mol. The number of amides is 3. The fourth-order valence-corrected chi connectivity index (χ4v) is 2.83. The normalized spacial score (nSPS) is 20.1. The summed E-state index contributed by atoms with van der Waals surface area (Å²) in [7, 11) is 0. The summed E-state index contributed by atoms with van der Waals surface area (Å²) in [5.74, 6) is 0.353. The van der Waals surface area contributed by atoms with Crippen LogP contribution < -0.4 is 15.4 Å². The highest BCUT2D eigenvalue weighted by Crippen LogP contribution is 2.23. The molecular weight excluding hydrogens is 308 g/mol. The monoisotopic (exact) mass is 332 g/mol. The number of ether oxygens (including phenoxy) is 1. The van der Waals surface area contributed by atoms with Gasteiger partial charge in [0.1, 0.15) is 5.75 Å². The van der Waals surface area contributed by atoms with Gasteiger partial charge >= 0.3 is 6.03 Å². The number of carbonyl (C=O) groups excluding carboxylic acids is 3. The number of rotatable bonds is 5. The van der Waals surface area contributed by atoms with Gasteiger partial charge in [0.2, 0.25) is 0 Å². The molecule has 2 rings (SSSR count). The lowest BCUT2D eigenvalue weighted by atomic mass is 9.86. The summed E-state index contributed by atoms with van der Waals surface area (Å²) in [5, 5.41) is 5.13. The average Bonchev–Trinajstić information content (AvgIpc) is 2.55. The van der Waals surface area contributed by atoms with Crippen LogP contribution in [0.15, 0.2) is 24.3 Å². The van der Waals surface area contributed by atoms with Crippen LogP contribution in [0.5, 0.6) is 5.75 Å². The van der Waals surface area contributed by atoms with Crippen molar-refractivity contribution in [2.24, 2.45) is 5.92 Å².